The molecule has 260 valence electrons. The molecule has 9 rings (SSSR count). The highest BCUT2D eigenvalue weighted by molar-refractivity contribution is 7.89. The lowest BCUT2D eigenvalue weighted by atomic mass is 9.81. The summed E-state index contributed by atoms with van der Waals surface area (Å²) in [4.78, 5) is 33.0. The standard InChI is InChI=1S/C40H44N4O5S/c1-42-21-28-18-29(22-42)44(28)39(46)40-20-34(40)33-19-30(49-2)14-16-31(33)37-36(26-11-7-4-8-12-26)32-15-13-27(17-35(32)43(37)24-40)38(45)41-50(47,48)23-25-9-5-3-6-10-25/h3,5-6,9-10,13-17,19,26,28-29,34H,4,7-8,11-12,18,20-24H2,1-2H3,(H,41,45). The van der Waals surface area contributed by atoms with Gasteiger partial charge in [-0.25, -0.2) is 13.1 Å². The highest BCUT2D eigenvalue weighted by atomic mass is 32.2. The van der Waals surface area contributed by atoms with Crippen LogP contribution in [-0.2, 0) is 27.1 Å². The van der Waals surface area contributed by atoms with Gasteiger partial charge in [-0.3, -0.25) is 9.59 Å². The minimum Gasteiger partial charge on any atom is -0.497 e. The lowest BCUT2D eigenvalue weighted by Crippen LogP contribution is -2.70. The summed E-state index contributed by atoms with van der Waals surface area (Å²) in [6.07, 6.45) is 7.59. The minimum atomic E-state index is -3.93. The topological polar surface area (TPSA) is 101 Å². The fraction of sp³-hybridized carbons (Fsp3) is 0.450. The Balaban J connectivity index is 1.18. The normalized spacial score (nSPS) is 25.9. The van der Waals surface area contributed by atoms with Gasteiger partial charge in [-0.05, 0) is 85.7 Å². The van der Waals surface area contributed by atoms with E-state index in [2.05, 4.69) is 38.3 Å². The number of rotatable bonds is 7. The van der Waals surface area contributed by atoms with Crippen LogP contribution in [0.3, 0.4) is 0 Å². The number of methoxy groups -OCH3 is 1. The highest BCUT2D eigenvalue weighted by Crippen LogP contribution is 2.67. The Morgan fingerprint density at radius 2 is 1.72 bits per heavy atom. The number of piperidine rings is 1. The number of fused-ring (bicyclic) bond motifs is 9. The van der Waals surface area contributed by atoms with Crippen molar-refractivity contribution in [2.24, 2.45) is 5.41 Å². The number of likely N-dealkylation sites (tertiary alicyclic amines) is 2. The third kappa shape index (κ3) is 5.08. The minimum absolute atomic E-state index is 0.0722. The summed E-state index contributed by atoms with van der Waals surface area (Å²) < 4.78 is 36.6. The molecule has 0 spiro atoms. The summed E-state index contributed by atoms with van der Waals surface area (Å²) in [5.41, 5.74) is 5.94. The molecule has 2 bridgehead atoms. The van der Waals surface area contributed by atoms with E-state index in [-0.39, 0.29) is 35.2 Å². The Kier molecular flexibility index (Phi) is 7.44. The monoisotopic (exact) mass is 692 g/mol. The second-order valence-corrected chi connectivity index (χ2v) is 17.2. The molecule has 4 aromatic rings. The number of aromatic nitrogens is 1. The first kappa shape index (κ1) is 31.8. The number of ether oxygens (including phenoxy) is 1. The summed E-state index contributed by atoms with van der Waals surface area (Å²) in [5, 5.41) is 1.08. The molecular weight excluding hydrogens is 649 g/mol. The first-order valence-electron chi connectivity index (χ1n) is 18.1. The Morgan fingerprint density at radius 1 is 0.960 bits per heavy atom. The van der Waals surface area contributed by atoms with E-state index < -0.39 is 21.3 Å². The molecule has 1 N–H and O–H groups in total. The van der Waals surface area contributed by atoms with Crippen molar-refractivity contribution in [2.45, 2.75) is 81.2 Å². The van der Waals surface area contributed by atoms with Crippen LogP contribution >= 0.6 is 0 Å². The number of benzene rings is 3. The van der Waals surface area contributed by atoms with Gasteiger partial charge in [0.15, 0.2) is 0 Å². The summed E-state index contributed by atoms with van der Waals surface area (Å²) >= 11 is 0. The molecule has 50 heavy (non-hydrogen) atoms. The van der Waals surface area contributed by atoms with E-state index in [1.54, 1.807) is 37.4 Å². The van der Waals surface area contributed by atoms with Crippen LogP contribution in [0.5, 0.6) is 5.75 Å². The molecule has 4 fully saturated rings. The Morgan fingerprint density at radius 3 is 2.46 bits per heavy atom. The van der Waals surface area contributed by atoms with E-state index in [1.165, 1.54) is 30.4 Å². The second kappa shape index (κ2) is 11.7. The number of piperazine rings is 1. The van der Waals surface area contributed by atoms with Gasteiger partial charge in [-0.15, -0.1) is 0 Å². The quantitative estimate of drug-likeness (QED) is 0.254. The maximum atomic E-state index is 14.8. The van der Waals surface area contributed by atoms with Crippen LogP contribution in [0.2, 0.25) is 0 Å². The van der Waals surface area contributed by atoms with Gasteiger partial charge in [-0.1, -0.05) is 55.7 Å². The van der Waals surface area contributed by atoms with Crippen molar-refractivity contribution in [3.63, 3.8) is 0 Å². The molecule has 4 atom stereocenters. The molecule has 2 saturated carbocycles. The van der Waals surface area contributed by atoms with Gasteiger partial charge in [0.1, 0.15) is 5.75 Å². The van der Waals surface area contributed by atoms with Crippen molar-refractivity contribution < 1.29 is 22.7 Å². The second-order valence-electron chi connectivity index (χ2n) is 15.4. The molecular formula is C40H44N4O5S. The average molecular weight is 693 g/mol. The van der Waals surface area contributed by atoms with E-state index in [9.17, 15) is 18.0 Å². The predicted molar refractivity (Wildman–Crippen MR) is 193 cm³/mol. The highest BCUT2D eigenvalue weighted by Gasteiger charge is 2.66. The van der Waals surface area contributed by atoms with Gasteiger partial charge in [0.25, 0.3) is 5.91 Å². The largest absolute Gasteiger partial charge is 0.497 e. The summed E-state index contributed by atoms with van der Waals surface area (Å²) in [5.74, 6) is 0.537. The fourth-order valence-corrected chi connectivity index (χ4v) is 11.0. The predicted octanol–water partition coefficient (Wildman–Crippen LogP) is 6.03. The van der Waals surface area contributed by atoms with Crippen LogP contribution in [-0.4, -0.2) is 73.9 Å². The SMILES string of the molecule is COc1ccc2c(c1)C1CC1(C(=O)N1C3CC1CN(C)C3)Cn1c-2c(C2CCCCC2)c2ccc(C(=O)NS(=O)(=O)Cc3ccccc3)cc21. The van der Waals surface area contributed by atoms with Crippen molar-refractivity contribution in [3.05, 3.63) is 89.0 Å². The zero-order chi connectivity index (χ0) is 34.4. The zero-order valence-corrected chi connectivity index (χ0v) is 29.5. The molecule has 5 aliphatic rings. The molecule has 3 aromatic carbocycles. The van der Waals surface area contributed by atoms with Gasteiger partial charge in [0.2, 0.25) is 15.9 Å². The fourth-order valence-electron chi connectivity index (χ4n) is 9.86. The molecule has 3 aliphatic heterocycles. The summed E-state index contributed by atoms with van der Waals surface area (Å²) in [6, 6.07) is 21.3. The van der Waals surface area contributed by atoms with Crippen LogP contribution in [0.15, 0.2) is 66.7 Å². The van der Waals surface area contributed by atoms with E-state index in [0.717, 1.165) is 66.7 Å². The van der Waals surface area contributed by atoms with E-state index in [1.807, 2.05) is 24.3 Å². The first-order valence-corrected chi connectivity index (χ1v) is 19.8. The molecule has 4 heterocycles. The molecule has 10 heteroatoms. The third-order valence-electron chi connectivity index (χ3n) is 12.3. The number of carbonyl (C=O) groups is 2. The van der Waals surface area contributed by atoms with Crippen molar-refractivity contribution in [3.8, 4) is 17.0 Å². The number of nitrogens with zero attached hydrogens (tertiary/aromatic N) is 3. The third-order valence-corrected chi connectivity index (χ3v) is 13.5. The van der Waals surface area contributed by atoms with Crippen molar-refractivity contribution in [1.29, 1.82) is 0 Å². The molecule has 2 saturated heterocycles. The Hall–Kier alpha value is -4.15. The number of sulfonamides is 1. The number of nitrogens with one attached hydrogen (secondary N) is 1. The van der Waals surface area contributed by atoms with E-state index in [4.69, 9.17) is 4.74 Å². The lowest BCUT2D eigenvalue weighted by molar-refractivity contribution is -0.159. The van der Waals surface area contributed by atoms with E-state index >= 15 is 0 Å². The summed E-state index contributed by atoms with van der Waals surface area (Å²) in [7, 11) is -0.0986. The lowest BCUT2D eigenvalue weighted by Gasteiger charge is -2.56. The number of likely N-dealkylation sites (N-methyl/N-ethyl adjacent to an activating group) is 1. The van der Waals surface area contributed by atoms with Gasteiger partial charge in [0, 0.05) is 59.7 Å². The average Bonchev–Trinajstić information content (AvgIpc) is 3.78. The Bertz CT molecular complexity index is 2130. The number of hydrogen-bond acceptors (Lipinski definition) is 6. The Labute approximate surface area is 293 Å². The van der Waals surface area contributed by atoms with Gasteiger partial charge in [0.05, 0.1) is 24.0 Å². The van der Waals surface area contributed by atoms with Crippen molar-refractivity contribution in [2.75, 3.05) is 27.2 Å². The number of carbonyl (C=O) groups excluding carboxylic acids is 2. The first-order chi connectivity index (χ1) is 24.2. The van der Waals surface area contributed by atoms with Gasteiger partial charge >= 0.3 is 0 Å². The van der Waals surface area contributed by atoms with Crippen LogP contribution in [0.1, 0.15) is 83.8 Å². The molecule has 4 unspecified atom stereocenters. The van der Waals surface area contributed by atoms with Gasteiger partial charge < -0.3 is 19.1 Å². The van der Waals surface area contributed by atoms with Crippen LogP contribution in [0.25, 0.3) is 22.2 Å². The smallest absolute Gasteiger partial charge is 0.264 e. The van der Waals surface area contributed by atoms with Gasteiger partial charge in [-0.2, -0.15) is 0 Å². The molecule has 2 amide bonds. The van der Waals surface area contributed by atoms with E-state index in [0.29, 0.717) is 18.0 Å². The summed E-state index contributed by atoms with van der Waals surface area (Å²) in [6.45, 7) is 2.33. The maximum absolute atomic E-state index is 14.8. The molecule has 9 nitrogen and oxygen atoms in total. The van der Waals surface area contributed by atoms with Crippen molar-refractivity contribution >= 4 is 32.7 Å². The van der Waals surface area contributed by atoms with Crippen LogP contribution in [0, 0.1) is 5.41 Å². The number of hydrogen-bond donors (Lipinski definition) is 1. The zero-order valence-electron chi connectivity index (χ0n) is 28.7. The van der Waals surface area contributed by atoms with Crippen molar-refractivity contribution in [1.82, 2.24) is 19.1 Å². The molecule has 1 aromatic heterocycles. The van der Waals surface area contributed by atoms with Crippen LogP contribution < -0.4 is 9.46 Å². The molecule has 0 radical (unpaired) electrons. The molecule has 2 aliphatic carbocycles. The number of amides is 2. The van der Waals surface area contributed by atoms with Crippen LogP contribution in [0.4, 0.5) is 0 Å². The maximum Gasteiger partial charge on any atom is 0.264 e.